The van der Waals surface area contributed by atoms with E-state index in [0.29, 0.717) is 17.3 Å². The second-order valence-electron chi connectivity index (χ2n) is 4.34. The molecule has 2 rings (SSSR count). The lowest BCUT2D eigenvalue weighted by molar-refractivity contribution is -0.132. The molecule has 2 aromatic rings. The fourth-order valence-corrected chi connectivity index (χ4v) is 1.61. The summed E-state index contributed by atoms with van der Waals surface area (Å²) < 4.78 is 40.8. The molecule has 0 atom stereocenters. The monoisotopic (exact) mass is 299 g/mol. The Balaban J connectivity index is 1.97. The third kappa shape index (κ3) is 4.30. The maximum absolute atomic E-state index is 12.0. The lowest BCUT2D eigenvalue weighted by Gasteiger charge is -2.08. The molecule has 0 aliphatic heterocycles. The molecule has 0 unspecified atom stereocenters. The van der Waals surface area contributed by atoms with Crippen LogP contribution in [0.2, 0.25) is 0 Å². The molecule has 0 fully saturated rings. The van der Waals surface area contributed by atoms with Crippen LogP contribution in [0.4, 0.5) is 13.2 Å². The first-order valence-corrected chi connectivity index (χ1v) is 6.11. The smallest absolute Gasteiger partial charge is 0.352 e. The highest BCUT2D eigenvalue weighted by Gasteiger charge is 2.26. The van der Waals surface area contributed by atoms with E-state index in [-0.39, 0.29) is 5.56 Å². The Morgan fingerprint density at radius 2 is 1.95 bits per heavy atom. The average Bonchev–Trinajstić information content (AvgIpc) is 2.84. The Morgan fingerprint density at radius 1 is 1.29 bits per heavy atom. The summed E-state index contributed by atoms with van der Waals surface area (Å²) in [6.45, 7) is 1.20. The second-order valence-corrected chi connectivity index (χ2v) is 4.34. The molecule has 1 heterocycles. The first-order chi connectivity index (χ1) is 9.85. The molecule has 0 saturated carbocycles. The van der Waals surface area contributed by atoms with Gasteiger partial charge in [0.1, 0.15) is 0 Å². The molecular formula is C13H12F3N3O2. The number of aryl methyl sites for hydroxylation is 1. The maximum Gasteiger partial charge on any atom is 0.390 e. The van der Waals surface area contributed by atoms with Crippen LogP contribution in [0.3, 0.4) is 0 Å². The van der Waals surface area contributed by atoms with Crippen molar-refractivity contribution < 1.29 is 22.5 Å². The first kappa shape index (κ1) is 15.0. The molecular weight excluding hydrogens is 287 g/mol. The molecule has 1 amide bonds. The number of hydrogen-bond donors (Lipinski definition) is 1. The quantitative estimate of drug-likeness (QED) is 0.942. The number of amides is 1. The zero-order chi connectivity index (χ0) is 15.5. The number of rotatable bonds is 4. The number of hydrogen-bond acceptors (Lipinski definition) is 4. The van der Waals surface area contributed by atoms with Gasteiger partial charge < -0.3 is 9.84 Å². The Hall–Kier alpha value is -2.38. The molecule has 21 heavy (non-hydrogen) atoms. The van der Waals surface area contributed by atoms with Crippen LogP contribution in [0, 0.1) is 6.92 Å². The van der Waals surface area contributed by atoms with Crippen LogP contribution >= 0.6 is 0 Å². The van der Waals surface area contributed by atoms with Crippen molar-refractivity contribution >= 4 is 5.91 Å². The molecule has 1 N–H and O–H groups in total. The normalized spacial score (nSPS) is 11.4. The van der Waals surface area contributed by atoms with Gasteiger partial charge in [-0.2, -0.15) is 18.2 Å². The lowest BCUT2D eigenvalue weighted by atomic mass is 10.1. The predicted octanol–water partition coefficient (Wildman–Crippen LogP) is 2.73. The molecule has 0 aliphatic carbocycles. The van der Waals surface area contributed by atoms with E-state index in [4.69, 9.17) is 4.52 Å². The summed E-state index contributed by atoms with van der Waals surface area (Å²) in [5.41, 5.74) is 0.917. The molecule has 1 aromatic carbocycles. The van der Waals surface area contributed by atoms with Crippen LogP contribution in [0.5, 0.6) is 0 Å². The molecule has 112 valence electrons. The molecule has 5 nitrogen and oxygen atoms in total. The van der Waals surface area contributed by atoms with E-state index in [9.17, 15) is 18.0 Å². The molecule has 0 bridgehead atoms. The molecule has 0 spiro atoms. The van der Waals surface area contributed by atoms with Gasteiger partial charge in [0.15, 0.2) is 0 Å². The Labute approximate surface area is 118 Å². The van der Waals surface area contributed by atoms with Crippen LogP contribution in [-0.2, 0) is 0 Å². The Kier molecular flexibility index (Phi) is 4.25. The van der Waals surface area contributed by atoms with Gasteiger partial charge >= 0.3 is 6.18 Å². The van der Waals surface area contributed by atoms with Gasteiger partial charge in [-0.3, -0.25) is 4.79 Å². The summed E-state index contributed by atoms with van der Waals surface area (Å²) in [6.07, 6.45) is -5.34. The van der Waals surface area contributed by atoms with E-state index in [1.54, 1.807) is 19.1 Å². The van der Waals surface area contributed by atoms with Crippen molar-refractivity contribution in [3.05, 3.63) is 35.7 Å². The van der Waals surface area contributed by atoms with Crippen LogP contribution in [-0.4, -0.2) is 28.8 Å². The molecule has 0 saturated heterocycles. The van der Waals surface area contributed by atoms with Gasteiger partial charge in [0.05, 0.1) is 6.42 Å². The molecule has 1 aromatic heterocycles. The summed E-state index contributed by atoms with van der Waals surface area (Å²) in [6, 6.07) is 6.18. The number of alkyl halides is 3. The van der Waals surface area contributed by atoms with Crippen molar-refractivity contribution in [3.8, 4) is 11.4 Å². The van der Waals surface area contributed by atoms with E-state index >= 15 is 0 Å². The van der Waals surface area contributed by atoms with Crippen molar-refractivity contribution in [3.63, 3.8) is 0 Å². The molecule has 0 radical (unpaired) electrons. The summed E-state index contributed by atoms with van der Waals surface area (Å²) in [7, 11) is 0. The van der Waals surface area contributed by atoms with E-state index in [1.165, 1.54) is 12.1 Å². The Bertz CT molecular complexity index is 620. The molecule has 8 heteroatoms. The number of nitrogens with zero attached hydrogens (tertiary/aromatic N) is 2. The van der Waals surface area contributed by atoms with Gasteiger partial charge in [0, 0.05) is 24.6 Å². The number of aromatic nitrogens is 2. The maximum atomic E-state index is 12.0. The van der Waals surface area contributed by atoms with Crippen molar-refractivity contribution in [2.75, 3.05) is 6.54 Å². The Morgan fingerprint density at radius 3 is 2.48 bits per heavy atom. The van der Waals surface area contributed by atoms with Crippen LogP contribution in [0.1, 0.15) is 22.7 Å². The third-order valence-electron chi connectivity index (χ3n) is 2.63. The lowest BCUT2D eigenvalue weighted by Crippen LogP contribution is -2.27. The zero-order valence-electron chi connectivity index (χ0n) is 11.1. The van der Waals surface area contributed by atoms with Crippen LogP contribution in [0.15, 0.2) is 28.8 Å². The SMILES string of the molecule is Cc1nc(-c2ccc(C(=O)NCCC(F)(F)F)cc2)no1. The van der Waals surface area contributed by atoms with Gasteiger partial charge in [-0.05, 0) is 12.1 Å². The van der Waals surface area contributed by atoms with Gasteiger partial charge in [0.2, 0.25) is 11.7 Å². The van der Waals surface area contributed by atoms with Gasteiger partial charge in [-0.15, -0.1) is 0 Å². The number of carbonyl (C=O) groups is 1. The highest BCUT2D eigenvalue weighted by atomic mass is 19.4. The number of benzene rings is 1. The summed E-state index contributed by atoms with van der Waals surface area (Å²) >= 11 is 0. The summed E-state index contributed by atoms with van der Waals surface area (Å²) in [5, 5.41) is 5.94. The summed E-state index contributed by atoms with van der Waals surface area (Å²) in [5.74, 6) is 0.241. The average molecular weight is 299 g/mol. The van der Waals surface area contributed by atoms with Gasteiger partial charge in [0.25, 0.3) is 5.91 Å². The first-order valence-electron chi connectivity index (χ1n) is 6.11. The summed E-state index contributed by atoms with van der Waals surface area (Å²) in [4.78, 5) is 15.7. The second kappa shape index (κ2) is 5.94. The minimum Gasteiger partial charge on any atom is -0.352 e. The standard InChI is InChI=1S/C13H12F3N3O2/c1-8-18-11(19-21-8)9-2-4-10(5-3-9)12(20)17-7-6-13(14,15)16/h2-5H,6-7H2,1H3,(H,17,20). The van der Waals surface area contributed by atoms with Crippen LogP contribution < -0.4 is 5.32 Å². The highest BCUT2D eigenvalue weighted by molar-refractivity contribution is 5.94. The highest BCUT2D eigenvalue weighted by Crippen LogP contribution is 2.19. The number of carbonyl (C=O) groups excluding carboxylic acids is 1. The van der Waals surface area contributed by atoms with Crippen molar-refractivity contribution in [2.24, 2.45) is 0 Å². The van der Waals surface area contributed by atoms with E-state index in [0.717, 1.165) is 0 Å². The largest absolute Gasteiger partial charge is 0.390 e. The predicted molar refractivity (Wildman–Crippen MR) is 67.5 cm³/mol. The van der Waals surface area contributed by atoms with E-state index < -0.39 is 25.0 Å². The third-order valence-corrected chi connectivity index (χ3v) is 2.63. The van der Waals surface area contributed by atoms with Crippen molar-refractivity contribution in [1.82, 2.24) is 15.5 Å². The fraction of sp³-hybridized carbons (Fsp3) is 0.308. The fourth-order valence-electron chi connectivity index (χ4n) is 1.61. The van der Waals surface area contributed by atoms with Crippen molar-refractivity contribution in [2.45, 2.75) is 19.5 Å². The topological polar surface area (TPSA) is 68.0 Å². The van der Waals surface area contributed by atoms with Gasteiger partial charge in [-0.1, -0.05) is 17.3 Å². The molecule has 0 aliphatic rings. The zero-order valence-corrected chi connectivity index (χ0v) is 11.1. The minimum absolute atomic E-state index is 0.265. The van der Waals surface area contributed by atoms with Gasteiger partial charge in [-0.25, -0.2) is 0 Å². The van der Waals surface area contributed by atoms with E-state index in [2.05, 4.69) is 15.5 Å². The minimum atomic E-state index is -4.28. The van der Waals surface area contributed by atoms with Crippen molar-refractivity contribution in [1.29, 1.82) is 0 Å². The van der Waals surface area contributed by atoms with E-state index in [1.807, 2.05) is 0 Å². The number of nitrogens with one attached hydrogen (secondary N) is 1. The number of halogens is 3. The van der Waals surface area contributed by atoms with Crippen LogP contribution in [0.25, 0.3) is 11.4 Å².